The lowest BCUT2D eigenvalue weighted by molar-refractivity contribution is -0.137. The highest BCUT2D eigenvalue weighted by Gasteiger charge is 2.30. The van der Waals surface area contributed by atoms with Gasteiger partial charge in [0.15, 0.2) is 5.96 Å². The molecule has 0 atom stereocenters. The van der Waals surface area contributed by atoms with E-state index in [-0.39, 0.29) is 0 Å². The quantitative estimate of drug-likeness (QED) is 0.593. The molecule has 1 aliphatic heterocycles. The minimum absolute atomic E-state index is 0.290. The molecule has 26 heavy (non-hydrogen) atoms. The van der Waals surface area contributed by atoms with E-state index in [1.54, 1.807) is 13.1 Å². The van der Waals surface area contributed by atoms with Gasteiger partial charge in [-0.3, -0.25) is 9.89 Å². The zero-order valence-electron chi connectivity index (χ0n) is 15.4. The van der Waals surface area contributed by atoms with Crippen LogP contribution in [0.25, 0.3) is 0 Å². The van der Waals surface area contributed by atoms with Crippen LogP contribution in [0.5, 0.6) is 0 Å². The first-order valence-electron chi connectivity index (χ1n) is 8.97. The summed E-state index contributed by atoms with van der Waals surface area (Å²) in [4.78, 5) is 8.96. The van der Waals surface area contributed by atoms with Crippen LogP contribution in [0.15, 0.2) is 29.3 Å². The van der Waals surface area contributed by atoms with Crippen LogP contribution in [0, 0.1) is 0 Å². The number of alkyl halides is 3. The number of hydrogen-bond acceptors (Lipinski definition) is 3. The molecule has 0 radical (unpaired) electrons. The SMILES string of the molecule is CCN1CCN(CCNC(=NC)NCc2cccc(C(F)(F)F)c2)CC1. The molecule has 0 amide bonds. The maximum absolute atomic E-state index is 12.8. The van der Waals surface area contributed by atoms with Crippen molar-refractivity contribution in [2.75, 3.05) is 52.9 Å². The fourth-order valence-electron chi connectivity index (χ4n) is 2.93. The molecular formula is C18H28F3N5. The van der Waals surface area contributed by atoms with Gasteiger partial charge in [0, 0.05) is 52.9 Å². The summed E-state index contributed by atoms with van der Waals surface area (Å²) in [6.07, 6.45) is -4.32. The van der Waals surface area contributed by atoms with Gasteiger partial charge in [-0.05, 0) is 24.2 Å². The van der Waals surface area contributed by atoms with Crippen molar-refractivity contribution in [1.29, 1.82) is 0 Å². The van der Waals surface area contributed by atoms with Gasteiger partial charge in [-0.2, -0.15) is 13.2 Å². The van der Waals surface area contributed by atoms with E-state index >= 15 is 0 Å². The van der Waals surface area contributed by atoms with Crippen LogP contribution >= 0.6 is 0 Å². The largest absolute Gasteiger partial charge is 0.416 e. The summed E-state index contributed by atoms with van der Waals surface area (Å²) in [5, 5.41) is 6.28. The van der Waals surface area contributed by atoms with Crippen LogP contribution in [-0.4, -0.2) is 68.6 Å². The van der Waals surface area contributed by atoms with Crippen molar-refractivity contribution in [3.63, 3.8) is 0 Å². The van der Waals surface area contributed by atoms with Gasteiger partial charge >= 0.3 is 6.18 Å². The highest BCUT2D eigenvalue weighted by atomic mass is 19.4. The molecule has 1 fully saturated rings. The predicted octanol–water partition coefficient (Wildman–Crippen LogP) is 2.01. The molecule has 1 aliphatic rings. The van der Waals surface area contributed by atoms with Crippen LogP contribution in [-0.2, 0) is 12.7 Å². The van der Waals surface area contributed by atoms with Gasteiger partial charge in [0.1, 0.15) is 0 Å². The van der Waals surface area contributed by atoms with E-state index in [0.29, 0.717) is 18.1 Å². The summed E-state index contributed by atoms with van der Waals surface area (Å²) in [5.41, 5.74) is -0.0653. The molecule has 2 N–H and O–H groups in total. The fourth-order valence-corrected chi connectivity index (χ4v) is 2.93. The Morgan fingerprint density at radius 1 is 1.12 bits per heavy atom. The van der Waals surface area contributed by atoms with Crippen molar-refractivity contribution in [1.82, 2.24) is 20.4 Å². The van der Waals surface area contributed by atoms with E-state index in [9.17, 15) is 13.2 Å². The highest BCUT2D eigenvalue weighted by molar-refractivity contribution is 5.79. The predicted molar refractivity (Wildman–Crippen MR) is 98.2 cm³/mol. The minimum Gasteiger partial charge on any atom is -0.355 e. The van der Waals surface area contributed by atoms with E-state index in [1.807, 2.05) is 0 Å². The highest BCUT2D eigenvalue weighted by Crippen LogP contribution is 2.29. The van der Waals surface area contributed by atoms with Crippen molar-refractivity contribution in [3.8, 4) is 0 Å². The number of piperazine rings is 1. The molecule has 1 aromatic carbocycles. The Bertz CT molecular complexity index is 580. The van der Waals surface area contributed by atoms with Gasteiger partial charge in [0.2, 0.25) is 0 Å². The number of likely N-dealkylation sites (N-methyl/N-ethyl adjacent to an activating group) is 1. The lowest BCUT2D eigenvalue weighted by Gasteiger charge is -2.34. The molecule has 0 spiro atoms. The fraction of sp³-hybridized carbons (Fsp3) is 0.611. The first kappa shape index (κ1) is 20.5. The second-order valence-electron chi connectivity index (χ2n) is 6.33. The molecule has 0 aliphatic carbocycles. The molecule has 1 aromatic rings. The zero-order chi connectivity index (χ0) is 19.0. The van der Waals surface area contributed by atoms with E-state index in [4.69, 9.17) is 0 Å². The normalized spacial score (nSPS) is 17.3. The molecular weight excluding hydrogens is 343 g/mol. The van der Waals surface area contributed by atoms with Gasteiger partial charge in [0.25, 0.3) is 0 Å². The Morgan fingerprint density at radius 2 is 1.81 bits per heavy atom. The molecule has 5 nitrogen and oxygen atoms in total. The number of rotatable bonds is 6. The maximum Gasteiger partial charge on any atom is 0.416 e. The van der Waals surface area contributed by atoms with Crippen molar-refractivity contribution in [3.05, 3.63) is 35.4 Å². The Kier molecular flexibility index (Phi) is 7.71. The molecule has 8 heteroatoms. The van der Waals surface area contributed by atoms with E-state index in [0.717, 1.165) is 57.9 Å². The summed E-state index contributed by atoms with van der Waals surface area (Å²) in [5.74, 6) is 0.592. The van der Waals surface area contributed by atoms with Crippen LogP contribution in [0.1, 0.15) is 18.1 Å². The summed E-state index contributed by atoms with van der Waals surface area (Å²) in [6, 6.07) is 5.33. The van der Waals surface area contributed by atoms with Crippen molar-refractivity contribution in [2.24, 2.45) is 4.99 Å². The van der Waals surface area contributed by atoms with Crippen LogP contribution in [0.4, 0.5) is 13.2 Å². The van der Waals surface area contributed by atoms with Gasteiger partial charge in [-0.15, -0.1) is 0 Å². The Morgan fingerprint density at radius 3 is 2.42 bits per heavy atom. The molecule has 0 aromatic heterocycles. The molecule has 2 rings (SSSR count). The average molecular weight is 371 g/mol. The number of hydrogen-bond donors (Lipinski definition) is 2. The first-order valence-corrected chi connectivity index (χ1v) is 8.97. The van der Waals surface area contributed by atoms with Crippen molar-refractivity contribution < 1.29 is 13.2 Å². The Hall–Kier alpha value is -1.80. The molecule has 0 saturated carbocycles. The molecule has 0 bridgehead atoms. The summed E-state index contributed by atoms with van der Waals surface area (Å²) < 4.78 is 38.3. The van der Waals surface area contributed by atoms with Crippen molar-refractivity contribution in [2.45, 2.75) is 19.6 Å². The van der Waals surface area contributed by atoms with Gasteiger partial charge < -0.3 is 15.5 Å². The number of nitrogens with zero attached hydrogens (tertiary/aromatic N) is 3. The first-order chi connectivity index (χ1) is 12.4. The van der Waals surface area contributed by atoms with Crippen molar-refractivity contribution >= 4 is 5.96 Å². The van der Waals surface area contributed by atoms with Gasteiger partial charge in [-0.1, -0.05) is 19.1 Å². The molecule has 1 heterocycles. The second kappa shape index (κ2) is 9.78. The summed E-state index contributed by atoms with van der Waals surface area (Å²) in [7, 11) is 1.65. The number of benzene rings is 1. The molecule has 1 saturated heterocycles. The van der Waals surface area contributed by atoms with Crippen LogP contribution in [0.2, 0.25) is 0 Å². The van der Waals surface area contributed by atoms with Gasteiger partial charge in [-0.25, -0.2) is 0 Å². The lowest BCUT2D eigenvalue weighted by atomic mass is 10.1. The summed E-state index contributed by atoms with van der Waals surface area (Å²) >= 11 is 0. The van der Waals surface area contributed by atoms with Crippen LogP contribution in [0.3, 0.4) is 0 Å². The minimum atomic E-state index is -4.32. The topological polar surface area (TPSA) is 42.9 Å². The number of guanidine groups is 1. The third-order valence-corrected chi connectivity index (χ3v) is 4.57. The zero-order valence-corrected chi connectivity index (χ0v) is 15.4. The lowest BCUT2D eigenvalue weighted by Crippen LogP contribution is -2.49. The number of halogens is 3. The number of nitrogens with one attached hydrogen (secondary N) is 2. The van der Waals surface area contributed by atoms with E-state index < -0.39 is 11.7 Å². The Labute approximate surface area is 153 Å². The van der Waals surface area contributed by atoms with E-state index in [2.05, 4.69) is 32.3 Å². The Balaban J connectivity index is 1.73. The number of aliphatic imine (C=N–C) groups is 1. The average Bonchev–Trinajstić information content (AvgIpc) is 2.64. The second-order valence-corrected chi connectivity index (χ2v) is 6.33. The molecule has 0 unspecified atom stereocenters. The molecule has 146 valence electrons. The monoisotopic (exact) mass is 371 g/mol. The smallest absolute Gasteiger partial charge is 0.355 e. The summed E-state index contributed by atoms with van der Waals surface area (Å²) in [6.45, 7) is 9.54. The van der Waals surface area contributed by atoms with Gasteiger partial charge in [0.05, 0.1) is 5.56 Å². The standard InChI is InChI=1S/C18H28F3N5/c1-3-25-9-11-26(12-10-25)8-7-23-17(22-2)24-14-15-5-4-6-16(13-15)18(19,20)21/h4-6,13H,3,7-12,14H2,1-2H3,(H2,22,23,24). The van der Waals surface area contributed by atoms with Crippen LogP contribution < -0.4 is 10.6 Å². The van der Waals surface area contributed by atoms with E-state index in [1.165, 1.54) is 6.07 Å². The maximum atomic E-state index is 12.8. The third kappa shape index (κ3) is 6.49. The third-order valence-electron chi connectivity index (χ3n) is 4.57.